The molecule has 1 unspecified atom stereocenters. The van der Waals surface area contributed by atoms with Gasteiger partial charge in [-0.05, 0) is 42.3 Å². The third kappa shape index (κ3) is 2.97. The Morgan fingerprint density at radius 3 is 2.88 bits per heavy atom. The second kappa shape index (κ2) is 6.48. The summed E-state index contributed by atoms with van der Waals surface area (Å²) in [6.07, 6.45) is 3.05. The van der Waals surface area contributed by atoms with E-state index in [2.05, 4.69) is 10.4 Å². The number of benzene rings is 2. The van der Waals surface area contributed by atoms with Gasteiger partial charge in [0.05, 0.1) is 11.3 Å². The maximum atomic E-state index is 12.7. The van der Waals surface area contributed by atoms with Gasteiger partial charge in [-0.1, -0.05) is 24.3 Å². The molecule has 0 saturated carbocycles. The number of carbonyl (C=O) groups is 2. The monoisotopic (exact) mass is 347 g/mol. The number of nitrogens with one attached hydrogen (secondary N) is 1. The summed E-state index contributed by atoms with van der Waals surface area (Å²) in [5, 5.41) is 7.07. The van der Waals surface area contributed by atoms with Crippen molar-refractivity contribution < 1.29 is 14.3 Å². The molecule has 1 aliphatic heterocycles. The van der Waals surface area contributed by atoms with Crippen LogP contribution < -0.4 is 5.32 Å². The number of hydrogen-bond donors (Lipinski definition) is 1. The predicted molar refractivity (Wildman–Crippen MR) is 96.3 cm³/mol. The van der Waals surface area contributed by atoms with Crippen LogP contribution in [-0.4, -0.2) is 27.8 Å². The first-order valence-electron chi connectivity index (χ1n) is 8.32. The normalized spacial score (nSPS) is 15.9. The van der Waals surface area contributed by atoms with E-state index >= 15 is 0 Å². The third-order valence-electron chi connectivity index (χ3n) is 4.43. The van der Waals surface area contributed by atoms with Gasteiger partial charge in [0.15, 0.2) is 6.10 Å². The molecule has 6 nitrogen and oxygen atoms in total. The highest BCUT2D eigenvalue weighted by atomic mass is 16.5. The lowest BCUT2D eigenvalue weighted by molar-refractivity contribution is -0.125. The number of carbonyl (C=O) groups excluding carboxylic acids is 2. The van der Waals surface area contributed by atoms with Crippen LogP contribution >= 0.6 is 0 Å². The number of nitrogens with zero attached hydrogens (tertiary/aromatic N) is 2. The summed E-state index contributed by atoms with van der Waals surface area (Å²) >= 11 is 0. The third-order valence-corrected chi connectivity index (χ3v) is 4.43. The van der Waals surface area contributed by atoms with Crippen LogP contribution in [0.15, 0.2) is 60.9 Å². The Morgan fingerprint density at radius 1 is 1.23 bits per heavy atom. The van der Waals surface area contributed by atoms with Gasteiger partial charge in [-0.15, -0.1) is 0 Å². The lowest BCUT2D eigenvalue weighted by atomic mass is 9.98. The summed E-state index contributed by atoms with van der Waals surface area (Å²) < 4.78 is 7.03. The maximum absolute atomic E-state index is 12.7. The SMILES string of the molecule is Cc1ccc(-n2cccn2)cc1NC(=O)C1Cc2ccccc2C(=O)O1. The van der Waals surface area contributed by atoms with Crippen LogP contribution in [-0.2, 0) is 16.0 Å². The second-order valence-corrected chi connectivity index (χ2v) is 6.19. The van der Waals surface area contributed by atoms with Gasteiger partial charge < -0.3 is 10.1 Å². The Bertz CT molecular complexity index is 980. The Balaban J connectivity index is 1.56. The molecule has 1 aliphatic rings. The Labute approximate surface area is 150 Å². The molecule has 1 N–H and O–H groups in total. The van der Waals surface area contributed by atoms with Gasteiger partial charge in [0.1, 0.15) is 0 Å². The maximum Gasteiger partial charge on any atom is 0.339 e. The van der Waals surface area contributed by atoms with Crippen molar-refractivity contribution in [3.8, 4) is 5.69 Å². The van der Waals surface area contributed by atoms with E-state index < -0.39 is 12.1 Å². The number of amides is 1. The zero-order chi connectivity index (χ0) is 18.1. The van der Waals surface area contributed by atoms with E-state index in [0.29, 0.717) is 17.7 Å². The number of anilines is 1. The lowest BCUT2D eigenvalue weighted by Crippen LogP contribution is -2.38. The van der Waals surface area contributed by atoms with Crippen LogP contribution in [0.3, 0.4) is 0 Å². The van der Waals surface area contributed by atoms with Gasteiger partial charge in [-0.25, -0.2) is 9.48 Å². The molecule has 6 heteroatoms. The number of esters is 1. The first-order chi connectivity index (χ1) is 12.6. The highest BCUT2D eigenvalue weighted by molar-refractivity contribution is 6.00. The lowest BCUT2D eigenvalue weighted by Gasteiger charge is -2.24. The fraction of sp³-hybridized carbons (Fsp3) is 0.150. The van der Waals surface area contributed by atoms with Gasteiger partial charge in [0, 0.05) is 24.5 Å². The largest absolute Gasteiger partial charge is 0.448 e. The molecule has 0 spiro atoms. The average Bonchev–Trinajstić information content (AvgIpc) is 3.18. The molecule has 3 aromatic rings. The fourth-order valence-electron chi connectivity index (χ4n) is 3.00. The van der Waals surface area contributed by atoms with Crippen LogP contribution in [0.25, 0.3) is 5.69 Å². The standard InChI is InChI=1S/C20H17N3O3/c1-13-7-8-15(23-10-4-9-21-23)12-17(13)22-19(24)18-11-14-5-2-3-6-16(14)20(25)26-18/h2-10,12,18H,11H2,1H3,(H,22,24). The van der Waals surface area contributed by atoms with Gasteiger partial charge >= 0.3 is 5.97 Å². The molecule has 26 heavy (non-hydrogen) atoms. The van der Waals surface area contributed by atoms with Crippen molar-refractivity contribution in [3.05, 3.63) is 77.6 Å². The molecule has 1 amide bonds. The van der Waals surface area contributed by atoms with Crippen LogP contribution in [0.4, 0.5) is 5.69 Å². The summed E-state index contributed by atoms with van der Waals surface area (Å²) in [4.78, 5) is 24.8. The molecule has 1 atom stereocenters. The molecule has 0 fully saturated rings. The fourth-order valence-corrected chi connectivity index (χ4v) is 3.00. The van der Waals surface area contributed by atoms with Crippen LogP contribution in [0.5, 0.6) is 0 Å². The Morgan fingerprint density at radius 2 is 2.08 bits per heavy atom. The van der Waals surface area contributed by atoms with Crippen molar-refractivity contribution in [1.29, 1.82) is 0 Å². The molecule has 1 aromatic heterocycles. The number of hydrogen-bond acceptors (Lipinski definition) is 4. The molecular weight excluding hydrogens is 330 g/mol. The van der Waals surface area contributed by atoms with E-state index in [1.807, 2.05) is 49.5 Å². The van der Waals surface area contributed by atoms with Crippen molar-refractivity contribution in [3.63, 3.8) is 0 Å². The molecule has 4 rings (SSSR count). The van der Waals surface area contributed by atoms with E-state index in [1.165, 1.54) is 0 Å². The van der Waals surface area contributed by atoms with Gasteiger partial charge in [0.2, 0.25) is 0 Å². The zero-order valence-corrected chi connectivity index (χ0v) is 14.2. The Hall–Kier alpha value is -3.41. The summed E-state index contributed by atoms with van der Waals surface area (Å²) in [5.41, 5.74) is 3.76. The van der Waals surface area contributed by atoms with Gasteiger partial charge in [0.25, 0.3) is 5.91 Å². The highest BCUT2D eigenvalue weighted by Gasteiger charge is 2.31. The molecular formula is C20H17N3O3. The number of aryl methyl sites for hydroxylation is 1. The summed E-state index contributed by atoms with van der Waals surface area (Å²) in [6.45, 7) is 1.91. The smallest absolute Gasteiger partial charge is 0.339 e. The van der Waals surface area contributed by atoms with Crippen LogP contribution in [0.2, 0.25) is 0 Å². The minimum atomic E-state index is -0.842. The van der Waals surface area contributed by atoms with E-state index in [9.17, 15) is 9.59 Å². The predicted octanol–water partition coefficient (Wildman–Crippen LogP) is 2.90. The summed E-state index contributed by atoms with van der Waals surface area (Å²) in [5.74, 6) is -0.803. The molecule has 2 aromatic carbocycles. The van der Waals surface area contributed by atoms with E-state index in [0.717, 1.165) is 16.8 Å². The number of rotatable bonds is 3. The molecule has 0 aliphatic carbocycles. The van der Waals surface area contributed by atoms with Crippen LogP contribution in [0, 0.1) is 6.92 Å². The first kappa shape index (κ1) is 16.1. The number of aromatic nitrogens is 2. The minimum Gasteiger partial charge on any atom is -0.448 e. The first-order valence-corrected chi connectivity index (χ1v) is 8.32. The number of fused-ring (bicyclic) bond motifs is 1. The molecule has 0 saturated heterocycles. The van der Waals surface area contributed by atoms with Crippen molar-refractivity contribution in [2.24, 2.45) is 0 Å². The summed E-state index contributed by atoms with van der Waals surface area (Å²) in [7, 11) is 0. The molecule has 130 valence electrons. The molecule has 0 radical (unpaired) electrons. The molecule has 0 bridgehead atoms. The zero-order valence-electron chi connectivity index (χ0n) is 14.2. The van der Waals surface area contributed by atoms with Crippen LogP contribution in [0.1, 0.15) is 21.5 Å². The van der Waals surface area contributed by atoms with E-state index in [-0.39, 0.29) is 5.91 Å². The van der Waals surface area contributed by atoms with Crippen molar-refractivity contribution in [2.45, 2.75) is 19.4 Å². The Kier molecular flexibility index (Phi) is 4.01. The van der Waals surface area contributed by atoms with Crippen molar-refractivity contribution in [1.82, 2.24) is 9.78 Å². The van der Waals surface area contributed by atoms with Gasteiger partial charge in [-0.3, -0.25) is 4.79 Å². The average molecular weight is 347 g/mol. The van der Waals surface area contributed by atoms with Crippen molar-refractivity contribution in [2.75, 3.05) is 5.32 Å². The minimum absolute atomic E-state index is 0.339. The summed E-state index contributed by atoms with van der Waals surface area (Å²) in [6, 6.07) is 14.7. The van der Waals surface area contributed by atoms with Gasteiger partial charge in [-0.2, -0.15) is 5.10 Å². The van der Waals surface area contributed by atoms with E-state index in [1.54, 1.807) is 23.0 Å². The number of ether oxygens (including phenoxy) is 1. The molecule has 2 heterocycles. The van der Waals surface area contributed by atoms with Crippen molar-refractivity contribution >= 4 is 17.6 Å². The highest BCUT2D eigenvalue weighted by Crippen LogP contribution is 2.23. The van der Waals surface area contributed by atoms with E-state index in [4.69, 9.17) is 4.74 Å². The topological polar surface area (TPSA) is 73.2 Å². The second-order valence-electron chi connectivity index (χ2n) is 6.19. The quantitative estimate of drug-likeness (QED) is 0.740. The number of cyclic esters (lactones) is 1.